The Morgan fingerprint density at radius 3 is 2.48 bits per heavy atom. The second-order valence-corrected chi connectivity index (χ2v) is 6.25. The third-order valence-electron chi connectivity index (χ3n) is 4.32. The maximum Gasteiger partial charge on any atom is 0.272 e. The van der Waals surface area contributed by atoms with E-state index in [0.717, 1.165) is 5.56 Å². The van der Waals surface area contributed by atoms with Crippen molar-refractivity contribution >= 4 is 22.7 Å². The lowest BCUT2D eigenvalue weighted by molar-refractivity contribution is -0.118. The predicted molar refractivity (Wildman–Crippen MR) is 102 cm³/mol. The number of hydrogen-bond acceptors (Lipinski definition) is 3. The zero-order valence-corrected chi connectivity index (χ0v) is 14.8. The van der Waals surface area contributed by atoms with Crippen molar-refractivity contribution in [2.45, 2.75) is 12.8 Å². The van der Waals surface area contributed by atoms with Gasteiger partial charge in [0.15, 0.2) is 0 Å². The molecule has 0 radical (unpaired) electrons. The molecule has 1 aromatic heterocycles. The quantitative estimate of drug-likeness (QED) is 0.699. The number of nitrogens with zero attached hydrogens (tertiary/aromatic N) is 2. The van der Waals surface area contributed by atoms with E-state index in [9.17, 15) is 14.0 Å². The van der Waals surface area contributed by atoms with Crippen LogP contribution in [0.15, 0.2) is 60.7 Å². The van der Waals surface area contributed by atoms with Crippen LogP contribution in [0.5, 0.6) is 0 Å². The highest BCUT2D eigenvalue weighted by atomic mass is 19.1. The second-order valence-electron chi connectivity index (χ2n) is 6.25. The number of aromatic nitrogens is 1. The molecule has 3 aromatic rings. The number of carbonyl (C=O) groups is 2. The van der Waals surface area contributed by atoms with E-state index in [1.54, 1.807) is 24.3 Å². The summed E-state index contributed by atoms with van der Waals surface area (Å²) >= 11 is 0. The summed E-state index contributed by atoms with van der Waals surface area (Å²) in [6.07, 6.45) is 0.690. The number of pyridine rings is 1. The summed E-state index contributed by atoms with van der Waals surface area (Å²) in [6, 6.07) is 17.6. The molecule has 0 bridgehead atoms. The first kappa shape index (κ1) is 18.5. The van der Waals surface area contributed by atoms with Crippen LogP contribution in [0.1, 0.15) is 22.5 Å². The molecule has 0 aliphatic rings. The van der Waals surface area contributed by atoms with E-state index in [1.807, 2.05) is 30.3 Å². The van der Waals surface area contributed by atoms with Gasteiger partial charge in [-0.1, -0.05) is 48.5 Å². The number of primary amides is 1. The van der Waals surface area contributed by atoms with E-state index >= 15 is 0 Å². The highest BCUT2D eigenvalue weighted by molar-refractivity contribution is 5.95. The van der Waals surface area contributed by atoms with Gasteiger partial charge in [-0.2, -0.15) is 0 Å². The van der Waals surface area contributed by atoms with Gasteiger partial charge in [0.2, 0.25) is 5.91 Å². The lowest BCUT2D eigenvalue weighted by Crippen LogP contribution is -2.36. The molecule has 0 aliphatic carbocycles. The third kappa shape index (κ3) is 4.67. The summed E-state index contributed by atoms with van der Waals surface area (Å²) in [5.74, 6) is -1.31. The molecule has 6 heteroatoms. The zero-order chi connectivity index (χ0) is 19.2. The topological polar surface area (TPSA) is 76.3 Å². The van der Waals surface area contributed by atoms with Crippen molar-refractivity contribution in [3.63, 3.8) is 0 Å². The number of fused-ring (bicyclic) bond motifs is 1. The minimum atomic E-state index is -0.481. The van der Waals surface area contributed by atoms with Gasteiger partial charge in [-0.15, -0.1) is 0 Å². The molecule has 5 nitrogen and oxygen atoms in total. The molecule has 0 saturated carbocycles. The van der Waals surface area contributed by atoms with Gasteiger partial charge in [-0.3, -0.25) is 9.59 Å². The first-order valence-electron chi connectivity index (χ1n) is 8.71. The number of rotatable bonds is 7. The van der Waals surface area contributed by atoms with Crippen LogP contribution in [0.2, 0.25) is 0 Å². The average molecular weight is 365 g/mol. The van der Waals surface area contributed by atoms with Crippen molar-refractivity contribution in [1.29, 1.82) is 0 Å². The molecule has 0 atom stereocenters. The molecule has 0 spiro atoms. The smallest absolute Gasteiger partial charge is 0.272 e. The Morgan fingerprint density at radius 2 is 1.74 bits per heavy atom. The Labute approximate surface area is 156 Å². The van der Waals surface area contributed by atoms with Crippen LogP contribution < -0.4 is 5.73 Å². The molecular formula is C21H20FN3O2. The van der Waals surface area contributed by atoms with Crippen molar-refractivity contribution < 1.29 is 14.0 Å². The molecule has 0 saturated heterocycles. The van der Waals surface area contributed by atoms with Crippen molar-refractivity contribution in [3.8, 4) is 0 Å². The number of nitrogens with two attached hydrogens (primary N) is 1. The molecule has 2 N–H and O–H groups in total. The maximum absolute atomic E-state index is 14.0. The third-order valence-corrected chi connectivity index (χ3v) is 4.32. The predicted octanol–water partition coefficient (Wildman–Crippen LogP) is 2.93. The maximum atomic E-state index is 14.0. The van der Waals surface area contributed by atoms with Crippen LogP contribution >= 0.6 is 0 Å². The summed E-state index contributed by atoms with van der Waals surface area (Å²) in [6.45, 7) is 0.602. The fraction of sp³-hybridized carbons (Fsp3) is 0.190. The van der Waals surface area contributed by atoms with Crippen LogP contribution in [0.25, 0.3) is 10.9 Å². The van der Waals surface area contributed by atoms with Crippen LogP contribution in [-0.2, 0) is 11.2 Å². The Hall–Kier alpha value is -3.28. The average Bonchev–Trinajstić information content (AvgIpc) is 2.68. The minimum absolute atomic E-state index is 0.0580. The first-order chi connectivity index (χ1) is 13.0. The van der Waals surface area contributed by atoms with Crippen molar-refractivity contribution in [3.05, 3.63) is 77.7 Å². The molecule has 138 valence electrons. The van der Waals surface area contributed by atoms with E-state index in [0.29, 0.717) is 18.4 Å². The van der Waals surface area contributed by atoms with Gasteiger partial charge in [0, 0.05) is 24.9 Å². The van der Waals surface area contributed by atoms with Crippen LogP contribution in [0.4, 0.5) is 4.39 Å². The largest absolute Gasteiger partial charge is 0.370 e. The summed E-state index contributed by atoms with van der Waals surface area (Å²) in [4.78, 5) is 29.8. The number of hydrogen-bond donors (Lipinski definition) is 1. The van der Waals surface area contributed by atoms with Crippen molar-refractivity contribution in [2.75, 3.05) is 13.1 Å². The van der Waals surface area contributed by atoms with E-state index in [2.05, 4.69) is 4.98 Å². The van der Waals surface area contributed by atoms with Crippen LogP contribution in [-0.4, -0.2) is 34.8 Å². The lowest BCUT2D eigenvalue weighted by atomic mass is 10.1. The van der Waals surface area contributed by atoms with Crippen molar-refractivity contribution in [2.24, 2.45) is 5.73 Å². The highest BCUT2D eigenvalue weighted by Gasteiger charge is 2.18. The number of benzene rings is 2. The van der Waals surface area contributed by atoms with Gasteiger partial charge in [-0.25, -0.2) is 9.37 Å². The highest BCUT2D eigenvalue weighted by Crippen LogP contribution is 2.17. The summed E-state index contributed by atoms with van der Waals surface area (Å²) in [5.41, 5.74) is 6.61. The monoisotopic (exact) mass is 365 g/mol. The number of carbonyl (C=O) groups excluding carboxylic acids is 2. The molecule has 1 heterocycles. The van der Waals surface area contributed by atoms with E-state index < -0.39 is 11.7 Å². The zero-order valence-electron chi connectivity index (χ0n) is 14.8. The van der Waals surface area contributed by atoms with Gasteiger partial charge in [0.1, 0.15) is 17.0 Å². The second kappa shape index (κ2) is 8.40. The molecule has 2 aromatic carbocycles. The molecule has 0 aliphatic heterocycles. The molecule has 0 fully saturated rings. The van der Waals surface area contributed by atoms with Crippen LogP contribution in [0.3, 0.4) is 0 Å². The lowest BCUT2D eigenvalue weighted by Gasteiger charge is -2.22. The van der Waals surface area contributed by atoms with Gasteiger partial charge >= 0.3 is 0 Å². The number of halogens is 1. The minimum Gasteiger partial charge on any atom is -0.370 e. The van der Waals surface area contributed by atoms with E-state index in [1.165, 1.54) is 11.0 Å². The SMILES string of the molecule is NC(=O)CCN(CCc1ccccc1)C(=O)c1ccc2cccc(F)c2n1. The summed E-state index contributed by atoms with van der Waals surface area (Å²) in [5, 5.41) is 0.625. The van der Waals surface area contributed by atoms with Gasteiger partial charge in [0.05, 0.1) is 0 Å². The Kier molecular flexibility index (Phi) is 5.76. The molecular weight excluding hydrogens is 345 g/mol. The summed E-state index contributed by atoms with van der Waals surface area (Å²) in [7, 11) is 0. The van der Waals surface area contributed by atoms with Gasteiger partial charge < -0.3 is 10.6 Å². The van der Waals surface area contributed by atoms with Crippen LogP contribution in [0, 0.1) is 5.82 Å². The summed E-state index contributed by atoms with van der Waals surface area (Å²) < 4.78 is 14.0. The van der Waals surface area contributed by atoms with E-state index in [-0.39, 0.29) is 30.1 Å². The molecule has 3 rings (SSSR count). The van der Waals surface area contributed by atoms with Crippen molar-refractivity contribution in [1.82, 2.24) is 9.88 Å². The van der Waals surface area contributed by atoms with Gasteiger partial charge in [-0.05, 0) is 24.1 Å². The normalized spacial score (nSPS) is 10.7. The molecule has 0 unspecified atom stereocenters. The Bertz CT molecular complexity index is 960. The molecule has 27 heavy (non-hydrogen) atoms. The standard InChI is InChI=1S/C21H20FN3O2/c22-17-8-4-7-16-9-10-18(24-20(16)17)21(27)25(14-12-19(23)26)13-11-15-5-2-1-3-6-15/h1-10H,11-14H2,(H2,23,26). The number of para-hydroxylation sites is 1. The van der Waals surface area contributed by atoms with E-state index in [4.69, 9.17) is 5.73 Å². The van der Waals surface area contributed by atoms with Gasteiger partial charge in [0.25, 0.3) is 5.91 Å². The molecule has 2 amide bonds. The Balaban J connectivity index is 1.82. The number of amides is 2. The first-order valence-corrected chi connectivity index (χ1v) is 8.71. The fourth-order valence-electron chi connectivity index (χ4n) is 2.86. The Morgan fingerprint density at radius 1 is 0.963 bits per heavy atom. The fourth-order valence-corrected chi connectivity index (χ4v) is 2.86.